The van der Waals surface area contributed by atoms with Crippen molar-refractivity contribution in [3.63, 3.8) is 0 Å². The van der Waals surface area contributed by atoms with Crippen LogP contribution in [0.4, 0.5) is 5.82 Å². The van der Waals surface area contributed by atoms with Gasteiger partial charge in [-0.05, 0) is 24.9 Å². The van der Waals surface area contributed by atoms with E-state index in [9.17, 15) is 0 Å². The predicted octanol–water partition coefficient (Wildman–Crippen LogP) is 1.89. The normalized spacial score (nSPS) is 12.5. The quantitative estimate of drug-likeness (QED) is 0.759. The smallest absolute Gasteiger partial charge is 0.227 e. The molecule has 0 fully saturated rings. The molecule has 72 valence electrons. The summed E-state index contributed by atoms with van der Waals surface area (Å²) in [5, 5.41) is 0.110. The monoisotopic (exact) mass is 201 g/mol. The molecule has 1 heterocycles. The third kappa shape index (κ3) is 3.06. The molecular weight excluding hydrogens is 190 g/mol. The minimum atomic E-state index is 0.102. The van der Waals surface area contributed by atoms with Gasteiger partial charge in [0, 0.05) is 6.07 Å². The number of rotatable bonds is 3. The van der Waals surface area contributed by atoms with Gasteiger partial charge in [-0.3, -0.25) is 0 Å². The predicted molar refractivity (Wildman–Crippen MR) is 51.8 cm³/mol. The first kappa shape index (κ1) is 10.1. The molecule has 0 radical (unpaired) electrons. The number of halogens is 1. The Labute approximate surface area is 82.1 Å². The summed E-state index contributed by atoms with van der Waals surface area (Å²) in [4.78, 5) is 7.59. The second-order valence-corrected chi connectivity index (χ2v) is 3.07. The number of hydrogen-bond acceptors (Lipinski definition) is 4. The van der Waals surface area contributed by atoms with E-state index >= 15 is 0 Å². The molecular formula is C8H12ClN3O. The van der Waals surface area contributed by atoms with E-state index in [0.717, 1.165) is 6.42 Å². The molecule has 0 aliphatic rings. The molecule has 0 saturated carbocycles. The van der Waals surface area contributed by atoms with Crippen LogP contribution in [-0.2, 0) is 0 Å². The zero-order valence-electron chi connectivity index (χ0n) is 7.62. The molecule has 1 unspecified atom stereocenters. The molecule has 13 heavy (non-hydrogen) atoms. The number of hydrogen-bond donors (Lipinski definition) is 1. The summed E-state index contributed by atoms with van der Waals surface area (Å²) in [5.74, 6) is 0.741. The minimum Gasteiger partial charge on any atom is -0.474 e. The fraction of sp³-hybridized carbons (Fsp3) is 0.500. The Morgan fingerprint density at radius 1 is 1.62 bits per heavy atom. The highest BCUT2D eigenvalue weighted by Gasteiger charge is 2.04. The van der Waals surface area contributed by atoms with Gasteiger partial charge in [0.1, 0.15) is 5.82 Å². The molecule has 5 heteroatoms. The van der Waals surface area contributed by atoms with Crippen LogP contribution in [0.15, 0.2) is 6.07 Å². The average Bonchev–Trinajstić information content (AvgIpc) is 2.02. The fourth-order valence-electron chi connectivity index (χ4n) is 0.763. The fourth-order valence-corrected chi connectivity index (χ4v) is 0.944. The average molecular weight is 202 g/mol. The molecule has 1 rings (SSSR count). The van der Waals surface area contributed by atoms with E-state index in [1.165, 1.54) is 0 Å². The molecule has 1 atom stereocenters. The SMILES string of the molecule is CCC(C)Oc1cc(N)nc(Cl)n1. The van der Waals surface area contributed by atoms with E-state index in [1.54, 1.807) is 6.07 Å². The first-order valence-electron chi connectivity index (χ1n) is 4.08. The second kappa shape index (κ2) is 4.28. The van der Waals surface area contributed by atoms with Gasteiger partial charge in [0.15, 0.2) is 0 Å². The van der Waals surface area contributed by atoms with E-state index in [1.807, 2.05) is 13.8 Å². The molecule has 0 aromatic carbocycles. The van der Waals surface area contributed by atoms with Crippen molar-refractivity contribution >= 4 is 17.4 Å². The molecule has 0 amide bonds. The van der Waals surface area contributed by atoms with Crippen LogP contribution >= 0.6 is 11.6 Å². The summed E-state index contributed by atoms with van der Waals surface area (Å²) < 4.78 is 5.41. The Morgan fingerprint density at radius 3 is 2.85 bits per heavy atom. The van der Waals surface area contributed by atoms with Crippen LogP contribution < -0.4 is 10.5 Å². The Morgan fingerprint density at radius 2 is 2.31 bits per heavy atom. The summed E-state index contributed by atoms with van der Waals surface area (Å²) in [6.45, 7) is 3.98. The van der Waals surface area contributed by atoms with Crippen molar-refractivity contribution in [2.24, 2.45) is 0 Å². The van der Waals surface area contributed by atoms with Crippen LogP contribution in [0.1, 0.15) is 20.3 Å². The standard InChI is InChI=1S/C8H12ClN3O/c1-3-5(2)13-7-4-6(10)11-8(9)12-7/h4-5H,3H2,1-2H3,(H2,10,11,12). The van der Waals surface area contributed by atoms with Crippen molar-refractivity contribution in [2.75, 3.05) is 5.73 Å². The van der Waals surface area contributed by atoms with Gasteiger partial charge in [-0.15, -0.1) is 0 Å². The largest absolute Gasteiger partial charge is 0.474 e. The maximum Gasteiger partial charge on any atom is 0.227 e. The summed E-state index contributed by atoms with van der Waals surface area (Å²) >= 11 is 5.59. The number of nitrogens with zero attached hydrogens (tertiary/aromatic N) is 2. The highest BCUT2D eigenvalue weighted by atomic mass is 35.5. The van der Waals surface area contributed by atoms with Crippen LogP contribution in [0.3, 0.4) is 0 Å². The molecule has 2 N–H and O–H groups in total. The summed E-state index contributed by atoms with van der Waals surface area (Å²) in [5.41, 5.74) is 5.46. The Balaban J connectivity index is 2.77. The van der Waals surface area contributed by atoms with Gasteiger partial charge < -0.3 is 10.5 Å². The summed E-state index contributed by atoms with van der Waals surface area (Å²) in [6.07, 6.45) is 1.01. The van der Waals surface area contributed by atoms with Crippen molar-refractivity contribution in [2.45, 2.75) is 26.4 Å². The number of aromatic nitrogens is 2. The third-order valence-electron chi connectivity index (χ3n) is 1.59. The third-order valence-corrected chi connectivity index (χ3v) is 1.76. The van der Waals surface area contributed by atoms with Gasteiger partial charge in [0.2, 0.25) is 11.2 Å². The van der Waals surface area contributed by atoms with Gasteiger partial charge in [-0.25, -0.2) is 4.98 Å². The van der Waals surface area contributed by atoms with Crippen molar-refractivity contribution in [3.05, 3.63) is 11.3 Å². The number of nitrogens with two attached hydrogens (primary N) is 1. The van der Waals surface area contributed by atoms with Crippen molar-refractivity contribution in [1.82, 2.24) is 9.97 Å². The minimum absolute atomic E-state index is 0.102. The number of ether oxygens (including phenoxy) is 1. The summed E-state index contributed by atoms with van der Waals surface area (Å²) in [7, 11) is 0. The zero-order valence-corrected chi connectivity index (χ0v) is 8.38. The Hall–Kier alpha value is -1.03. The van der Waals surface area contributed by atoms with Gasteiger partial charge in [-0.1, -0.05) is 6.92 Å². The van der Waals surface area contributed by atoms with Crippen molar-refractivity contribution in [3.8, 4) is 5.88 Å². The van der Waals surface area contributed by atoms with Crippen molar-refractivity contribution in [1.29, 1.82) is 0 Å². The first-order chi connectivity index (χ1) is 6.11. The summed E-state index contributed by atoms with van der Waals surface area (Å²) in [6, 6.07) is 1.55. The highest BCUT2D eigenvalue weighted by molar-refractivity contribution is 6.28. The highest BCUT2D eigenvalue weighted by Crippen LogP contribution is 2.15. The van der Waals surface area contributed by atoms with Crippen LogP contribution in [-0.4, -0.2) is 16.1 Å². The molecule has 1 aromatic heterocycles. The van der Waals surface area contributed by atoms with E-state index in [2.05, 4.69) is 9.97 Å². The van der Waals surface area contributed by atoms with Crippen LogP contribution in [0.2, 0.25) is 5.28 Å². The van der Waals surface area contributed by atoms with Gasteiger partial charge in [-0.2, -0.15) is 4.98 Å². The lowest BCUT2D eigenvalue weighted by molar-refractivity contribution is 0.208. The Bertz CT molecular complexity index is 272. The van der Waals surface area contributed by atoms with Crippen LogP contribution in [0.25, 0.3) is 0 Å². The van der Waals surface area contributed by atoms with E-state index in [4.69, 9.17) is 22.1 Å². The lowest BCUT2D eigenvalue weighted by atomic mass is 10.3. The van der Waals surface area contributed by atoms with Crippen LogP contribution in [0.5, 0.6) is 5.88 Å². The van der Waals surface area contributed by atoms with Gasteiger partial charge in [0.25, 0.3) is 0 Å². The molecule has 1 aromatic rings. The lowest BCUT2D eigenvalue weighted by Gasteiger charge is -2.11. The lowest BCUT2D eigenvalue weighted by Crippen LogP contribution is -2.11. The molecule has 0 saturated heterocycles. The van der Waals surface area contributed by atoms with E-state index < -0.39 is 0 Å². The van der Waals surface area contributed by atoms with E-state index in [-0.39, 0.29) is 11.4 Å². The van der Waals surface area contributed by atoms with Crippen LogP contribution in [0, 0.1) is 0 Å². The molecule has 0 bridgehead atoms. The topological polar surface area (TPSA) is 61.0 Å². The number of nitrogen functional groups attached to an aromatic ring is 1. The molecule has 0 spiro atoms. The van der Waals surface area contributed by atoms with Crippen molar-refractivity contribution < 1.29 is 4.74 Å². The Kier molecular flexibility index (Phi) is 3.31. The zero-order chi connectivity index (χ0) is 9.84. The van der Waals surface area contributed by atoms with Gasteiger partial charge >= 0.3 is 0 Å². The molecule has 0 aliphatic carbocycles. The molecule has 4 nitrogen and oxygen atoms in total. The maximum absolute atomic E-state index is 5.59. The van der Waals surface area contributed by atoms with E-state index in [0.29, 0.717) is 11.7 Å². The number of anilines is 1. The molecule has 0 aliphatic heterocycles. The second-order valence-electron chi connectivity index (χ2n) is 2.74. The van der Waals surface area contributed by atoms with Gasteiger partial charge in [0.05, 0.1) is 6.10 Å². The maximum atomic E-state index is 5.59. The first-order valence-corrected chi connectivity index (χ1v) is 4.46.